The third-order valence-corrected chi connectivity index (χ3v) is 6.70. The summed E-state index contributed by atoms with van der Waals surface area (Å²) in [6.07, 6.45) is 0. The molecule has 0 atom stereocenters. The molecule has 1 amide bonds. The second-order valence-corrected chi connectivity index (χ2v) is 9.12. The molecule has 6 nitrogen and oxygen atoms in total. The summed E-state index contributed by atoms with van der Waals surface area (Å²) in [4.78, 5) is 17.6. The fourth-order valence-electron chi connectivity index (χ4n) is 4.38. The van der Waals surface area contributed by atoms with Crippen LogP contribution in [0.1, 0.15) is 17.3 Å². The van der Waals surface area contributed by atoms with Crippen LogP contribution in [0.15, 0.2) is 66.7 Å². The monoisotopic (exact) mass is 506 g/mol. The molecule has 0 bridgehead atoms. The maximum Gasteiger partial charge on any atom is 0.258 e. The molecule has 5 rings (SSSR count). The van der Waals surface area contributed by atoms with Gasteiger partial charge in [-0.2, -0.15) is 0 Å². The lowest BCUT2D eigenvalue weighted by atomic mass is 10.0. The summed E-state index contributed by atoms with van der Waals surface area (Å²) >= 11 is 12.3. The van der Waals surface area contributed by atoms with Crippen molar-refractivity contribution in [2.24, 2.45) is 0 Å². The number of benzene rings is 3. The van der Waals surface area contributed by atoms with Crippen molar-refractivity contribution in [3.05, 3.63) is 82.3 Å². The number of rotatable bonds is 5. The summed E-state index contributed by atoms with van der Waals surface area (Å²) in [7, 11) is 0. The van der Waals surface area contributed by atoms with Gasteiger partial charge in [-0.3, -0.25) is 4.79 Å². The normalized spacial score (nSPS) is 13.8. The predicted molar refractivity (Wildman–Crippen MR) is 141 cm³/mol. The van der Waals surface area contributed by atoms with Gasteiger partial charge < -0.3 is 14.5 Å². The number of anilines is 1. The third-order valence-electron chi connectivity index (χ3n) is 6.15. The molecule has 1 aromatic heterocycles. The zero-order chi connectivity index (χ0) is 24.4. The molecule has 0 saturated carbocycles. The van der Waals surface area contributed by atoms with Crippen molar-refractivity contribution in [2.45, 2.75) is 6.92 Å². The summed E-state index contributed by atoms with van der Waals surface area (Å²) in [6.45, 7) is 4.92. The van der Waals surface area contributed by atoms with E-state index in [1.807, 2.05) is 66.4 Å². The van der Waals surface area contributed by atoms with Crippen molar-refractivity contribution in [2.75, 3.05) is 37.7 Å². The average Bonchev–Trinajstić information content (AvgIpc) is 2.89. The van der Waals surface area contributed by atoms with Gasteiger partial charge in [0.05, 0.1) is 22.9 Å². The molecule has 0 spiro atoms. The minimum absolute atomic E-state index is 0.0105. The van der Waals surface area contributed by atoms with Crippen LogP contribution >= 0.6 is 23.2 Å². The SMILES string of the molecule is CCOc1ccc2ccccc2c1C(=O)N1CCN(c2ccc(-c3ccc(Cl)cc3Cl)nn2)CC1. The van der Waals surface area contributed by atoms with E-state index in [2.05, 4.69) is 15.1 Å². The van der Waals surface area contributed by atoms with Crippen molar-refractivity contribution < 1.29 is 9.53 Å². The summed E-state index contributed by atoms with van der Waals surface area (Å²) < 4.78 is 5.82. The number of fused-ring (bicyclic) bond motifs is 1. The minimum Gasteiger partial charge on any atom is -0.493 e. The Bertz CT molecular complexity index is 1370. The number of hydrogen-bond acceptors (Lipinski definition) is 5. The van der Waals surface area contributed by atoms with E-state index in [-0.39, 0.29) is 5.91 Å². The number of ether oxygens (including phenoxy) is 1. The Balaban J connectivity index is 1.31. The second-order valence-electron chi connectivity index (χ2n) is 8.27. The highest BCUT2D eigenvalue weighted by atomic mass is 35.5. The van der Waals surface area contributed by atoms with E-state index in [4.69, 9.17) is 27.9 Å². The minimum atomic E-state index is -0.0105. The van der Waals surface area contributed by atoms with E-state index in [0.29, 0.717) is 59.8 Å². The first-order chi connectivity index (χ1) is 17.0. The summed E-state index contributed by atoms with van der Waals surface area (Å²) in [5.41, 5.74) is 2.09. The highest BCUT2D eigenvalue weighted by molar-refractivity contribution is 6.36. The predicted octanol–water partition coefficient (Wildman–Crippen LogP) is 5.96. The fourth-order valence-corrected chi connectivity index (χ4v) is 4.88. The number of aromatic nitrogens is 2. The van der Waals surface area contributed by atoms with Crippen molar-refractivity contribution in [3.8, 4) is 17.0 Å². The van der Waals surface area contributed by atoms with Gasteiger partial charge in [-0.15, -0.1) is 10.2 Å². The highest BCUT2D eigenvalue weighted by Gasteiger charge is 2.26. The number of nitrogens with zero attached hydrogens (tertiary/aromatic N) is 4. The van der Waals surface area contributed by atoms with E-state index < -0.39 is 0 Å². The molecule has 8 heteroatoms. The van der Waals surface area contributed by atoms with Crippen molar-refractivity contribution in [1.82, 2.24) is 15.1 Å². The van der Waals surface area contributed by atoms with Gasteiger partial charge in [0.25, 0.3) is 5.91 Å². The Labute approximate surface area is 214 Å². The van der Waals surface area contributed by atoms with Gasteiger partial charge in [0, 0.05) is 36.8 Å². The molecule has 3 aromatic carbocycles. The first kappa shape index (κ1) is 23.4. The number of halogens is 2. The standard InChI is InChI=1S/C27H24Cl2N4O2/c1-2-35-24-11-7-18-5-3-4-6-20(18)26(24)27(34)33-15-13-32(14-16-33)25-12-10-23(30-31-25)21-9-8-19(28)17-22(21)29/h3-12,17H,2,13-16H2,1H3. The molecule has 0 N–H and O–H groups in total. The number of amides is 1. The number of hydrogen-bond donors (Lipinski definition) is 0. The number of carbonyl (C=O) groups is 1. The first-order valence-corrected chi connectivity index (χ1v) is 12.3. The lowest BCUT2D eigenvalue weighted by Crippen LogP contribution is -2.49. The molecule has 0 unspecified atom stereocenters. The third kappa shape index (κ3) is 4.77. The molecule has 1 aliphatic rings. The van der Waals surface area contributed by atoms with Gasteiger partial charge in [-0.1, -0.05) is 53.5 Å². The van der Waals surface area contributed by atoms with E-state index in [1.54, 1.807) is 12.1 Å². The van der Waals surface area contributed by atoms with Crippen LogP contribution in [0.25, 0.3) is 22.0 Å². The Hall–Kier alpha value is -3.35. The molecule has 0 aliphatic carbocycles. The van der Waals surface area contributed by atoms with E-state index >= 15 is 0 Å². The van der Waals surface area contributed by atoms with Crippen LogP contribution in [0.5, 0.6) is 5.75 Å². The van der Waals surface area contributed by atoms with E-state index in [0.717, 1.165) is 22.2 Å². The van der Waals surface area contributed by atoms with Gasteiger partial charge in [-0.25, -0.2) is 0 Å². The Morgan fingerprint density at radius 3 is 2.46 bits per heavy atom. The maximum absolute atomic E-state index is 13.6. The second kappa shape index (κ2) is 10.1. The molecule has 0 radical (unpaired) electrons. The van der Waals surface area contributed by atoms with Crippen molar-refractivity contribution in [1.29, 1.82) is 0 Å². The number of carbonyl (C=O) groups excluding carboxylic acids is 1. The number of piperazine rings is 1. The van der Waals surface area contributed by atoms with Crippen molar-refractivity contribution >= 4 is 45.7 Å². The molecule has 1 saturated heterocycles. The fraction of sp³-hybridized carbons (Fsp3) is 0.222. The maximum atomic E-state index is 13.6. The van der Waals surface area contributed by atoms with Crippen LogP contribution in [-0.2, 0) is 0 Å². The van der Waals surface area contributed by atoms with Crippen LogP contribution in [-0.4, -0.2) is 53.8 Å². The molecular weight excluding hydrogens is 483 g/mol. The molecule has 1 fully saturated rings. The Morgan fingerprint density at radius 2 is 1.74 bits per heavy atom. The average molecular weight is 507 g/mol. The Kier molecular flexibility index (Phi) is 6.75. The summed E-state index contributed by atoms with van der Waals surface area (Å²) in [5, 5.41) is 11.8. The summed E-state index contributed by atoms with van der Waals surface area (Å²) in [5.74, 6) is 1.38. The van der Waals surface area contributed by atoms with Gasteiger partial charge in [0.1, 0.15) is 5.75 Å². The Morgan fingerprint density at radius 1 is 0.943 bits per heavy atom. The van der Waals surface area contributed by atoms with Crippen LogP contribution in [0.4, 0.5) is 5.82 Å². The molecule has 1 aliphatic heterocycles. The topological polar surface area (TPSA) is 58.6 Å². The first-order valence-electron chi connectivity index (χ1n) is 11.5. The lowest BCUT2D eigenvalue weighted by Gasteiger charge is -2.35. The molecular formula is C27H24Cl2N4O2. The molecule has 35 heavy (non-hydrogen) atoms. The quantitative estimate of drug-likeness (QED) is 0.334. The van der Waals surface area contributed by atoms with Crippen LogP contribution in [0, 0.1) is 0 Å². The lowest BCUT2D eigenvalue weighted by molar-refractivity contribution is 0.0744. The van der Waals surface area contributed by atoms with Crippen LogP contribution < -0.4 is 9.64 Å². The molecule has 178 valence electrons. The van der Waals surface area contributed by atoms with Gasteiger partial charge in [-0.05, 0) is 54.1 Å². The smallest absolute Gasteiger partial charge is 0.258 e. The molecule has 4 aromatic rings. The largest absolute Gasteiger partial charge is 0.493 e. The summed E-state index contributed by atoms with van der Waals surface area (Å²) in [6, 6.07) is 20.9. The zero-order valence-corrected chi connectivity index (χ0v) is 20.8. The highest BCUT2D eigenvalue weighted by Crippen LogP contribution is 2.31. The van der Waals surface area contributed by atoms with E-state index in [1.165, 1.54) is 0 Å². The van der Waals surface area contributed by atoms with E-state index in [9.17, 15) is 4.79 Å². The zero-order valence-electron chi connectivity index (χ0n) is 19.2. The molecule has 2 heterocycles. The van der Waals surface area contributed by atoms with Crippen molar-refractivity contribution in [3.63, 3.8) is 0 Å². The van der Waals surface area contributed by atoms with Gasteiger partial charge >= 0.3 is 0 Å². The van der Waals surface area contributed by atoms with Gasteiger partial charge in [0.15, 0.2) is 5.82 Å². The van der Waals surface area contributed by atoms with Gasteiger partial charge in [0.2, 0.25) is 0 Å². The van der Waals surface area contributed by atoms with Crippen LogP contribution in [0.3, 0.4) is 0 Å². The van der Waals surface area contributed by atoms with Crippen LogP contribution in [0.2, 0.25) is 10.0 Å².